The Morgan fingerprint density at radius 2 is 2.27 bits per heavy atom. The van der Waals surface area contributed by atoms with Crippen molar-refractivity contribution < 1.29 is 5.11 Å². The largest absolute Gasteiger partial charge is 0.385 e. The molecule has 1 aliphatic rings. The molecule has 1 fully saturated rings. The number of aryl methyl sites for hydroxylation is 1. The average Bonchev–Trinajstić information content (AvgIpc) is 2.78. The van der Waals surface area contributed by atoms with Crippen molar-refractivity contribution in [3.63, 3.8) is 0 Å². The molecule has 0 radical (unpaired) electrons. The van der Waals surface area contributed by atoms with Crippen molar-refractivity contribution in [3.05, 3.63) is 33.8 Å². The molecule has 2 atom stereocenters. The van der Waals surface area contributed by atoms with Gasteiger partial charge >= 0.3 is 0 Å². The molecular weight excluding hydrogens is 252 g/mol. The first kappa shape index (κ1) is 11.2. The monoisotopic (exact) mass is 268 g/mol. The fourth-order valence-corrected chi connectivity index (χ4v) is 2.92. The van der Waals surface area contributed by atoms with Crippen LogP contribution in [0, 0.1) is 12.8 Å². The number of hydrogen-bond acceptors (Lipinski definition) is 1. The number of halogens is 1. The molecule has 1 aromatic carbocycles. The number of rotatable bonds is 3. The molecule has 1 aliphatic carbocycles. The van der Waals surface area contributed by atoms with Gasteiger partial charge in [-0.05, 0) is 48.9 Å². The third kappa shape index (κ3) is 1.98. The Morgan fingerprint density at radius 3 is 2.87 bits per heavy atom. The third-order valence-electron chi connectivity index (χ3n) is 3.36. The number of aliphatic hydroxyl groups is 1. The zero-order chi connectivity index (χ0) is 11.1. The molecule has 0 bridgehead atoms. The van der Waals surface area contributed by atoms with E-state index in [1.807, 2.05) is 6.07 Å². The molecule has 2 unspecified atom stereocenters. The van der Waals surface area contributed by atoms with E-state index in [-0.39, 0.29) is 0 Å². The van der Waals surface area contributed by atoms with Crippen LogP contribution in [-0.4, -0.2) is 5.11 Å². The van der Waals surface area contributed by atoms with Gasteiger partial charge in [0.2, 0.25) is 0 Å². The predicted octanol–water partition coefficient (Wildman–Crippen LogP) is 3.77. The van der Waals surface area contributed by atoms with E-state index in [0.717, 1.165) is 29.3 Å². The fourth-order valence-electron chi connectivity index (χ4n) is 2.45. The summed E-state index contributed by atoms with van der Waals surface area (Å²) in [5.74, 6) is 0.474. The van der Waals surface area contributed by atoms with Crippen LogP contribution < -0.4 is 0 Å². The first-order valence-electron chi connectivity index (χ1n) is 5.57. The lowest BCUT2D eigenvalue weighted by Crippen LogP contribution is -2.10. The Labute approximate surface area is 99.6 Å². The maximum absolute atomic E-state index is 10.4. The topological polar surface area (TPSA) is 20.2 Å². The molecule has 0 aliphatic heterocycles. The Bertz CT molecular complexity index is 375. The first-order chi connectivity index (χ1) is 7.08. The van der Waals surface area contributed by atoms with Gasteiger partial charge < -0.3 is 5.11 Å². The van der Waals surface area contributed by atoms with Gasteiger partial charge in [-0.3, -0.25) is 0 Å². The highest BCUT2D eigenvalue weighted by Crippen LogP contribution is 2.55. The molecule has 0 spiro atoms. The molecule has 0 saturated heterocycles. The summed E-state index contributed by atoms with van der Waals surface area (Å²) >= 11 is 3.45. The van der Waals surface area contributed by atoms with Gasteiger partial charge in [-0.25, -0.2) is 0 Å². The Morgan fingerprint density at radius 1 is 1.53 bits per heavy atom. The SMILES string of the molecule is CCCC1CC1(O)c1ccc(Br)cc1C. The molecule has 1 N–H and O–H groups in total. The molecule has 0 aromatic heterocycles. The second-order valence-electron chi connectivity index (χ2n) is 4.57. The van der Waals surface area contributed by atoms with Crippen LogP contribution >= 0.6 is 15.9 Å². The quantitative estimate of drug-likeness (QED) is 0.885. The van der Waals surface area contributed by atoms with Crippen LogP contribution in [-0.2, 0) is 5.60 Å². The van der Waals surface area contributed by atoms with Crippen molar-refractivity contribution in [3.8, 4) is 0 Å². The van der Waals surface area contributed by atoms with E-state index in [4.69, 9.17) is 0 Å². The summed E-state index contributed by atoms with van der Waals surface area (Å²) in [6.07, 6.45) is 3.22. The summed E-state index contributed by atoms with van der Waals surface area (Å²) < 4.78 is 1.08. The minimum atomic E-state index is -0.527. The van der Waals surface area contributed by atoms with E-state index >= 15 is 0 Å². The maximum atomic E-state index is 10.4. The van der Waals surface area contributed by atoms with E-state index in [1.165, 1.54) is 5.56 Å². The smallest absolute Gasteiger partial charge is 0.0932 e. The van der Waals surface area contributed by atoms with E-state index < -0.39 is 5.60 Å². The van der Waals surface area contributed by atoms with Gasteiger partial charge in [0.15, 0.2) is 0 Å². The minimum Gasteiger partial charge on any atom is -0.385 e. The van der Waals surface area contributed by atoms with Crippen molar-refractivity contribution >= 4 is 15.9 Å². The summed E-state index contributed by atoms with van der Waals surface area (Å²) in [6.45, 7) is 4.24. The molecule has 2 heteroatoms. The number of hydrogen-bond donors (Lipinski definition) is 1. The minimum absolute atomic E-state index is 0.474. The van der Waals surface area contributed by atoms with Crippen LogP contribution in [0.25, 0.3) is 0 Å². The van der Waals surface area contributed by atoms with Crippen molar-refractivity contribution in [1.29, 1.82) is 0 Å². The molecule has 82 valence electrons. The average molecular weight is 269 g/mol. The molecule has 0 heterocycles. The lowest BCUT2D eigenvalue weighted by atomic mass is 9.99. The van der Waals surface area contributed by atoms with Crippen LogP contribution in [0.15, 0.2) is 22.7 Å². The fraction of sp³-hybridized carbons (Fsp3) is 0.538. The molecule has 1 saturated carbocycles. The van der Waals surface area contributed by atoms with Gasteiger partial charge in [0.25, 0.3) is 0 Å². The van der Waals surface area contributed by atoms with Gasteiger partial charge in [0, 0.05) is 4.47 Å². The van der Waals surface area contributed by atoms with E-state index in [1.54, 1.807) is 0 Å². The molecule has 2 rings (SSSR count). The zero-order valence-corrected chi connectivity index (χ0v) is 10.8. The zero-order valence-electron chi connectivity index (χ0n) is 9.26. The summed E-state index contributed by atoms with van der Waals surface area (Å²) in [7, 11) is 0. The van der Waals surface area contributed by atoms with Crippen molar-refractivity contribution in [1.82, 2.24) is 0 Å². The van der Waals surface area contributed by atoms with Gasteiger partial charge in [0.05, 0.1) is 5.60 Å². The van der Waals surface area contributed by atoms with Gasteiger partial charge in [-0.2, -0.15) is 0 Å². The van der Waals surface area contributed by atoms with Crippen molar-refractivity contribution in [2.24, 2.45) is 5.92 Å². The standard InChI is InChI=1S/C13H17BrO/c1-3-4-10-8-13(10,15)12-6-5-11(14)7-9(12)2/h5-7,10,15H,3-4,8H2,1-2H3. The van der Waals surface area contributed by atoms with Crippen molar-refractivity contribution in [2.45, 2.75) is 38.7 Å². The Kier molecular flexibility index (Phi) is 2.91. The maximum Gasteiger partial charge on any atom is 0.0932 e. The molecule has 1 nitrogen and oxygen atoms in total. The van der Waals surface area contributed by atoms with Gasteiger partial charge in [-0.1, -0.05) is 35.3 Å². The second-order valence-corrected chi connectivity index (χ2v) is 5.49. The molecule has 15 heavy (non-hydrogen) atoms. The summed E-state index contributed by atoms with van der Waals surface area (Å²) in [6, 6.07) is 6.14. The van der Waals surface area contributed by atoms with Crippen LogP contribution in [0.1, 0.15) is 37.3 Å². The highest BCUT2D eigenvalue weighted by molar-refractivity contribution is 9.10. The Balaban J connectivity index is 2.24. The highest BCUT2D eigenvalue weighted by atomic mass is 79.9. The second kappa shape index (κ2) is 3.91. The van der Waals surface area contributed by atoms with Crippen LogP contribution in [0.4, 0.5) is 0 Å². The third-order valence-corrected chi connectivity index (χ3v) is 3.86. The predicted molar refractivity (Wildman–Crippen MR) is 65.8 cm³/mol. The summed E-state index contributed by atoms with van der Waals surface area (Å²) in [4.78, 5) is 0. The highest BCUT2D eigenvalue weighted by Gasteiger charge is 2.53. The van der Waals surface area contributed by atoms with Crippen LogP contribution in [0.3, 0.4) is 0 Å². The van der Waals surface area contributed by atoms with Crippen LogP contribution in [0.5, 0.6) is 0 Å². The Hall–Kier alpha value is -0.340. The lowest BCUT2D eigenvalue weighted by Gasteiger charge is -2.14. The van der Waals surface area contributed by atoms with E-state index in [0.29, 0.717) is 5.92 Å². The molecular formula is C13H17BrO. The first-order valence-corrected chi connectivity index (χ1v) is 6.36. The summed E-state index contributed by atoms with van der Waals surface area (Å²) in [5, 5.41) is 10.4. The number of benzene rings is 1. The molecule has 0 amide bonds. The summed E-state index contributed by atoms with van der Waals surface area (Å²) in [5.41, 5.74) is 1.77. The molecule has 1 aromatic rings. The van der Waals surface area contributed by atoms with Crippen molar-refractivity contribution in [2.75, 3.05) is 0 Å². The van der Waals surface area contributed by atoms with Gasteiger partial charge in [-0.15, -0.1) is 0 Å². The lowest BCUT2D eigenvalue weighted by molar-refractivity contribution is 0.128. The van der Waals surface area contributed by atoms with Gasteiger partial charge in [0.1, 0.15) is 0 Å². The normalized spacial score (nSPS) is 29.2. The van der Waals surface area contributed by atoms with Crippen LogP contribution in [0.2, 0.25) is 0 Å². The van der Waals surface area contributed by atoms with E-state index in [9.17, 15) is 5.11 Å². The van der Waals surface area contributed by atoms with E-state index in [2.05, 4.69) is 41.9 Å².